The van der Waals surface area contributed by atoms with Gasteiger partial charge in [0.05, 0.1) is 16.6 Å². The van der Waals surface area contributed by atoms with Crippen molar-refractivity contribution in [2.24, 2.45) is 0 Å². The lowest BCUT2D eigenvalue weighted by Gasteiger charge is -2.13. The molecule has 3 aromatic rings. The number of carbonyl (C=O) groups excluding carboxylic acids is 2. The zero-order chi connectivity index (χ0) is 21.3. The first-order chi connectivity index (χ1) is 14.6. The van der Waals surface area contributed by atoms with Gasteiger partial charge in [-0.15, -0.1) is 0 Å². The second kappa shape index (κ2) is 10.5. The average molecular weight is 469 g/mol. The summed E-state index contributed by atoms with van der Waals surface area (Å²) in [6.45, 7) is 2.73. The Morgan fingerprint density at radius 2 is 1.53 bits per heavy atom. The zero-order valence-corrected chi connectivity index (χ0v) is 17.9. The molecule has 3 aromatic carbocycles. The monoisotopic (exact) mass is 468 g/mol. The third-order valence-electron chi connectivity index (χ3n) is 4.15. The SMILES string of the molecule is CCOc1ccc(C(=O)NNC(=O)c2ccccc2OCc2ccccc2)cc1Br. The van der Waals surface area contributed by atoms with Gasteiger partial charge in [-0.3, -0.25) is 20.4 Å². The molecule has 0 heterocycles. The van der Waals surface area contributed by atoms with Gasteiger partial charge in [0.15, 0.2) is 0 Å². The van der Waals surface area contributed by atoms with Crippen molar-refractivity contribution in [3.05, 3.63) is 94.0 Å². The van der Waals surface area contributed by atoms with Crippen LogP contribution in [0.15, 0.2) is 77.3 Å². The number of ether oxygens (including phenoxy) is 2. The molecule has 0 aliphatic heterocycles. The molecule has 0 saturated carbocycles. The molecule has 0 saturated heterocycles. The number of hydrazine groups is 1. The summed E-state index contributed by atoms with van der Waals surface area (Å²) < 4.78 is 11.9. The molecule has 2 amide bonds. The molecule has 0 bridgehead atoms. The number of para-hydroxylation sites is 1. The normalized spacial score (nSPS) is 10.2. The lowest BCUT2D eigenvalue weighted by atomic mass is 10.2. The van der Waals surface area contributed by atoms with Crippen molar-refractivity contribution in [3.8, 4) is 11.5 Å². The molecular formula is C23H21BrN2O4. The highest BCUT2D eigenvalue weighted by molar-refractivity contribution is 9.10. The Morgan fingerprint density at radius 1 is 0.833 bits per heavy atom. The summed E-state index contributed by atoms with van der Waals surface area (Å²) in [5.41, 5.74) is 6.53. The molecule has 0 aliphatic rings. The van der Waals surface area contributed by atoms with Crippen molar-refractivity contribution in [2.45, 2.75) is 13.5 Å². The van der Waals surface area contributed by atoms with Gasteiger partial charge in [0.25, 0.3) is 11.8 Å². The molecule has 30 heavy (non-hydrogen) atoms. The van der Waals surface area contributed by atoms with E-state index >= 15 is 0 Å². The minimum atomic E-state index is -0.475. The van der Waals surface area contributed by atoms with Gasteiger partial charge in [-0.25, -0.2) is 0 Å². The van der Waals surface area contributed by atoms with E-state index in [9.17, 15) is 9.59 Å². The van der Waals surface area contributed by atoms with Gasteiger partial charge in [-0.2, -0.15) is 0 Å². The maximum absolute atomic E-state index is 12.6. The van der Waals surface area contributed by atoms with E-state index in [-0.39, 0.29) is 0 Å². The Morgan fingerprint density at radius 3 is 2.27 bits per heavy atom. The number of benzene rings is 3. The fraction of sp³-hybridized carbons (Fsp3) is 0.130. The minimum Gasteiger partial charge on any atom is -0.493 e. The standard InChI is InChI=1S/C23H21BrN2O4/c1-2-29-21-13-12-17(14-19(21)24)22(27)25-26-23(28)18-10-6-7-11-20(18)30-15-16-8-4-3-5-9-16/h3-14H,2,15H2,1H3,(H,25,27)(H,26,28). The summed E-state index contributed by atoms with van der Waals surface area (Å²) >= 11 is 3.37. The van der Waals surface area contributed by atoms with Crippen LogP contribution in [0.1, 0.15) is 33.2 Å². The first-order valence-corrected chi connectivity index (χ1v) is 10.2. The first-order valence-electron chi connectivity index (χ1n) is 9.37. The van der Waals surface area contributed by atoms with Crippen LogP contribution in [0.25, 0.3) is 0 Å². The van der Waals surface area contributed by atoms with Crippen molar-refractivity contribution in [1.82, 2.24) is 10.9 Å². The van der Waals surface area contributed by atoms with Crippen molar-refractivity contribution >= 4 is 27.7 Å². The zero-order valence-electron chi connectivity index (χ0n) is 16.4. The molecule has 0 atom stereocenters. The van der Waals surface area contributed by atoms with Crippen molar-refractivity contribution in [2.75, 3.05) is 6.61 Å². The summed E-state index contributed by atoms with van der Waals surface area (Å²) in [5, 5.41) is 0. The summed E-state index contributed by atoms with van der Waals surface area (Å²) in [7, 11) is 0. The van der Waals surface area contributed by atoms with Crippen molar-refractivity contribution in [1.29, 1.82) is 0 Å². The van der Waals surface area contributed by atoms with E-state index in [4.69, 9.17) is 9.47 Å². The molecule has 7 heteroatoms. The Kier molecular flexibility index (Phi) is 7.45. The lowest BCUT2D eigenvalue weighted by Crippen LogP contribution is -2.41. The third-order valence-corrected chi connectivity index (χ3v) is 4.77. The van der Waals surface area contributed by atoms with E-state index in [1.807, 2.05) is 37.3 Å². The van der Waals surface area contributed by atoms with Crippen LogP contribution in [-0.2, 0) is 6.61 Å². The Labute approximate surface area is 183 Å². The largest absolute Gasteiger partial charge is 0.493 e. The van der Waals surface area contributed by atoms with Crippen molar-refractivity contribution in [3.63, 3.8) is 0 Å². The van der Waals surface area contributed by atoms with Crippen LogP contribution in [0.3, 0.4) is 0 Å². The molecule has 0 spiro atoms. The fourth-order valence-electron chi connectivity index (χ4n) is 2.68. The predicted octanol–water partition coefficient (Wildman–Crippen LogP) is 4.50. The minimum absolute atomic E-state index is 0.321. The summed E-state index contributed by atoms with van der Waals surface area (Å²) in [5.74, 6) is 0.145. The van der Waals surface area contributed by atoms with Gasteiger partial charge in [0, 0.05) is 5.56 Å². The summed E-state index contributed by atoms with van der Waals surface area (Å²) in [6, 6.07) is 21.5. The van der Waals surface area contributed by atoms with Crippen molar-refractivity contribution < 1.29 is 19.1 Å². The van der Waals surface area contributed by atoms with E-state index in [0.29, 0.717) is 40.3 Å². The average Bonchev–Trinajstić information content (AvgIpc) is 2.78. The van der Waals surface area contributed by atoms with Crippen LogP contribution >= 0.6 is 15.9 Å². The second-order valence-electron chi connectivity index (χ2n) is 6.26. The third kappa shape index (κ3) is 5.61. The molecule has 154 valence electrons. The summed E-state index contributed by atoms with van der Waals surface area (Å²) in [6.07, 6.45) is 0. The quantitative estimate of drug-likeness (QED) is 0.500. The fourth-order valence-corrected chi connectivity index (χ4v) is 3.18. The first kappa shape index (κ1) is 21.4. The molecule has 0 aromatic heterocycles. The Balaban J connectivity index is 1.62. The van der Waals surface area contributed by atoms with E-state index < -0.39 is 11.8 Å². The van der Waals surface area contributed by atoms with Crippen LogP contribution in [0.2, 0.25) is 0 Å². The van der Waals surface area contributed by atoms with Crippen LogP contribution in [0.5, 0.6) is 11.5 Å². The van der Waals surface area contributed by atoms with Crippen LogP contribution in [-0.4, -0.2) is 18.4 Å². The van der Waals surface area contributed by atoms with Crippen LogP contribution in [0, 0.1) is 0 Å². The molecular weight excluding hydrogens is 448 g/mol. The maximum Gasteiger partial charge on any atom is 0.273 e. The molecule has 6 nitrogen and oxygen atoms in total. The van der Waals surface area contributed by atoms with E-state index in [2.05, 4.69) is 26.8 Å². The highest BCUT2D eigenvalue weighted by Crippen LogP contribution is 2.26. The molecule has 0 aliphatic carbocycles. The maximum atomic E-state index is 12.6. The highest BCUT2D eigenvalue weighted by atomic mass is 79.9. The van der Waals surface area contributed by atoms with Gasteiger partial charge in [0.2, 0.25) is 0 Å². The Hall–Kier alpha value is -3.32. The number of nitrogens with one attached hydrogen (secondary N) is 2. The van der Waals surface area contributed by atoms with E-state index in [1.165, 1.54) is 0 Å². The molecule has 0 fully saturated rings. The highest BCUT2D eigenvalue weighted by Gasteiger charge is 2.14. The number of halogens is 1. The summed E-state index contributed by atoms with van der Waals surface area (Å²) in [4.78, 5) is 25.0. The lowest BCUT2D eigenvalue weighted by molar-refractivity contribution is 0.0844. The van der Waals surface area contributed by atoms with Gasteiger partial charge >= 0.3 is 0 Å². The number of hydrogen-bond donors (Lipinski definition) is 2. The van der Waals surface area contributed by atoms with E-state index in [1.54, 1.807) is 42.5 Å². The molecule has 2 N–H and O–H groups in total. The van der Waals surface area contributed by atoms with Gasteiger partial charge in [-0.05, 0) is 58.7 Å². The molecule has 3 rings (SSSR count). The topological polar surface area (TPSA) is 76.7 Å². The van der Waals surface area contributed by atoms with E-state index in [0.717, 1.165) is 5.56 Å². The second-order valence-corrected chi connectivity index (χ2v) is 7.11. The van der Waals surface area contributed by atoms with Gasteiger partial charge in [-0.1, -0.05) is 42.5 Å². The molecule has 0 unspecified atom stereocenters. The Bertz CT molecular complexity index is 1020. The van der Waals surface area contributed by atoms with Crippen LogP contribution in [0.4, 0.5) is 0 Å². The smallest absolute Gasteiger partial charge is 0.273 e. The van der Waals surface area contributed by atoms with Gasteiger partial charge < -0.3 is 9.47 Å². The number of hydrogen-bond acceptors (Lipinski definition) is 4. The number of carbonyl (C=O) groups is 2. The number of amides is 2. The molecule has 0 radical (unpaired) electrons. The predicted molar refractivity (Wildman–Crippen MR) is 117 cm³/mol. The van der Waals surface area contributed by atoms with Gasteiger partial charge in [0.1, 0.15) is 18.1 Å². The van der Waals surface area contributed by atoms with Crippen LogP contribution < -0.4 is 20.3 Å². The number of rotatable bonds is 7.